The van der Waals surface area contributed by atoms with Crippen molar-refractivity contribution >= 4 is 5.97 Å². The zero-order valence-corrected chi connectivity index (χ0v) is 9.82. The summed E-state index contributed by atoms with van der Waals surface area (Å²) in [5.74, 6) is -1.88. The molecule has 92 valence electrons. The van der Waals surface area contributed by atoms with Crippen molar-refractivity contribution in [2.45, 2.75) is 25.8 Å². The monoisotopic (exact) mass is 237 g/mol. The number of halogens is 1. The Balaban J connectivity index is 2.26. The van der Waals surface area contributed by atoms with Crippen molar-refractivity contribution in [3.63, 3.8) is 0 Å². The lowest BCUT2D eigenvalue weighted by Crippen LogP contribution is -2.23. The number of hydrogen-bond acceptors (Lipinski definition) is 2. The van der Waals surface area contributed by atoms with Crippen LogP contribution in [0.1, 0.15) is 41.7 Å². The van der Waals surface area contributed by atoms with Crippen LogP contribution in [0.2, 0.25) is 0 Å². The van der Waals surface area contributed by atoms with Gasteiger partial charge in [-0.25, -0.2) is 9.18 Å². The Kier molecular flexibility index (Phi) is 3.43. The number of benzene rings is 1. The molecular formula is C13H16FNO2. The summed E-state index contributed by atoms with van der Waals surface area (Å²) in [5, 5.41) is 8.88. The van der Waals surface area contributed by atoms with Crippen molar-refractivity contribution in [3.8, 4) is 0 Å². The normalized spacial score (nSPS) is 18.2. The number of likely N-dealkylation sites (tertiary alicyclic amines) is 1. The Morgan fingerprint density at radius 2 is 2.06 bits per heavy atom. The molecule has 3 nitrogen and oxygen atoms in total. The highest BCUT2D eigenvalue weighted by atomic mass is 19.1. The summed E-state index contributed by atoms with van der Waals surface area (Å²) >= 11 is 0. The maximum absolute atomic E-state index is 13.3. The van der Waals surface area contributed by atoms with Gasteiger partial charge in [0.1, 0.15) is 5.82 Å². The predicted octanol–water partition coefficient (Wildman–Crippen LogP) is 2.68. The molecule has 2 rings (SSSR count). The van der Waals surface area contributed by atoms with Gasteiger partial charge < -0.3 is 5.11 Å². The maximum Gasteiger partial charge on any atom is 0.338 e. The predicted molar refractivity (Wildman–Crippen MR) is 62.6 cm³/mol. The van der Waals surface area contributed by atoms with Crippen LogP contribution in [-0.4, -0.2) is 29.1 Å². The molecule has 1 N–H and O–H groups in total. The van der Waals surface area contributed by atoms with E-state index in [1.165, 1.54) is 25.0 Å². The summed E-state index contributed by atoms with van der Waals surface area (Å²) in [6, 6.07) is 4.51. The van der Waals surface area contributed by atoms with Crippen molar-refractivity contribution in [3.05, 3.63) is 35.1 Å². The van der Waals surface area contributed by atoms with E-state index in [0.717, 1.165) is 18.7 Å². The van der Waals surface area contributed by atoms with Gasteiger partial charge in [0.25, 0.3) is 0 Å². The third-order valence-corrected chi connectivity index (χ3v) is 3.39. The fraction of sp³-hybridized carbons (Fsp3) is 0.462. The largest absolute Gasteiger partial charge is 0.478 e. The van der Waals surface area contributed by atoms with E-state index in [-0.39, 0.29) is 11.6 Å². The molecule has 17 heavy (non-hydrogen) atoms. The first kappa shape index (κ1) is 12.0. The second-order valence-corrected chi connectivity index (χ2v) is 4.46. The summed E-state index contributed by atoms with van der Waals surface area (Å²) in [5.41, 5.74) is 0.624. The van der Waals surface area contributed by atoms with Gasteiger partial charge in [-0.1, -0.05) is 6.07 Å². The molecule has 1 aliphatic rings. The Morgan fingerprint density at radius 3 is 2.65 bits per heavy atom. The van der Waals surface area contributed by atoms with Gasteiger partial charge in [-0.05, 0) is 50.6 Å². The van der Waals surface area contributed by atoms with E-state index in [9.17, 15) is 9.18 Å². The molecule has 1 aromatic carbocycles. The second kappa shape index (κ2) is 4.84. The minimum absolute atomic E-state index is 0.149. The van der Waals surface area contributed by atoms with E-state index >= 15 is 0 Å². The topological polar surface area (TPSA) is 40.5 Å². The molecule has 0 saturated carbocycles. The van der Waals surface area contributed by atoms with Crippen LogP contribution in [0.25, 0.3) is 0 Å². The minimum Gasteiger partial charge on any atom is -0.478 e. The van der Waals surface area contributed by atoms with Crippen LogP contribution in [-0.2, 0) is 0 Å². The molecule has 0 amide bonds. The zero-order valence-electron chi connectivity index (χ0n) is 9.82. The van der Waals surface area contributed by atoms with Crippen molar-refractivity contribution in [1.82, 2.24) is 4.90 Å². The Labute approximate surface area is 99.9 Å². The maximum atomic E-state index is 13.3. The first-order valence-corrected chi connectivity index (χ1v) is 5.86. The molecule has 0 aliphatic carbocycles. The molecule has 1 unspecified atom stereocenters. The van der Waals surface area contributed by atoms with Gasteiger partial charge >= 0.3 is 5.97 Å². The van der Waals surface area contributed by atoms with Gasteiger partial charge in [0.2, 0.25) is 0 Å². The van der Waals surface area contributed by atoms with Crippen LogP contribution in [0, 0.1) is 5.82 Å². The number of nitrogens with zero attached hydrogens (tertiary/aromatic N) is 1. The molecule has 1 heterocycles. The number of carbonyl (C=O) groups is 1. The number of carboxylic acid groups (broad SMARTS) is 1. The van der Waals surface area contributed by atoms with E-state index in [1.54, 1.807) is 6.07 Å². The van der Waals surface area contributed by atoms with Gasteiger partial charge in [-0.2, -0.15) is 0 Å². The molecule has 0 spiro atoms. The first-order valence-electron chi connectivity index (χ1n) is 5.86. The summed E-state index contributed by atoms with van der Waals surface area (Å²) in [7, 11) is 0. The molecule has 1 saturated heterocycles. The first-order chi connectivity index (χ1) is 8.09. The third kappa shape index (κ3) is 2.47. The second-order valence-electron chi connectivity index (χ2n) is 4.46. The van der Waals surface area contributed by atoms with Gasteiger partial charge in [0.15, 0.2) is 0 Å². The van der Waals surface area contributed by atoms with Crippen LogP contribution in [0.5, 0.6) is 0 Å². The summed E-state index contributed by atoms with van der Waals surface area (Å²) in [6.07, 6.45) is 2.36. The van der Waals surface area contributed by atoms with Gasteiger partial charge in [0.05, 0.1) is 5.56 Å². The van der Waals surface area contributed by atoms with Crippen LogP contribution >= 0.6 is 0 Å². The summed E-state index contributed by atoms with van der Waals surface area (Å²) < 4.78 is 13.3. The van der Waals surface area contributed by atoms with E-state index in [0.29, 0.717) is 0 Å². The molecule has 0 aromatic heterocycles. The summed E-state index contributed by atoms with van der Waals surface area (Å²) in [4.78, 5) is 13.2. The molecule has 1 fully saturated rings. The molecule has 1 atom stereocenters. The van der Waals surface area contributed by atoms with E-state index in [2.05, 4.69) is 4.90 Å². The van der Waals surface area contributed by atoms with Crippen LogP contribution < -0.4 is 0 Å². The average Bonchev–Trinajstić information content (AvgIpc) is 2.81. The molecular weight excluding hydrogens is 221 g/mol. The molecule has 1 aromatic rings. The number of aromatic carboxylic acids is 1. The van der Waals surface area contributed by atoms with E-state index < -0.39 is 11.8 Å². The van der Waals surface area contributed by atoms with Crippen molar-refractivity contribution in [1.29, 1.82) is 0 Å². The van der Waals surface area contributed by atoms with E-state index in [4.69, 9.17) is 5.11 Å². The van der Waals surface area contributed by atoms with Crippen LogP contribution in [0.15, 0.2) is 18.2 Å². The zero-order chi connectivity index (χ0) is 12.4. The lowest BCUT2D eigenvalue weighted by Gasteiger charge is -2.24. The molecule has 4 heteroatoms. The van der Waals surface area contributed by atoms with Gasteiger partial charge in [0, 0.05) is 6.04 Å². The van der Waals surface area contributed by atoms with E-state index in [1.807, 2.05) is 6.92 Å². The highest BCUT2D eigenvalue weighted by Gasteiger charge is 2.21. The van der Waals surface area contributed by atoms with Crippen LogP contribution in [0.3, 0.4) is 0 Å². The SMILES string of the molecule is CC(c1ccc(F)c(C(=O)O)c1)N1CCCC1. The van der Waals surface area contributed by atoms with Crippen molar-refractivity contribution in [2.75, 3.05) is 13.1 Å². The Morgan fingerprint density at radius 1 is 1.41 bits per heavy atom. The Bertz CT molecular complexity index is 427. The highest BCUT2D eigenvalue weighted by Crippen LogP contribution is 2.25. The minimum atomic E-state index is -1.21. The van der Waals surface area contributed by atoms with Gasteiger partial charge in [-0.3, -0.25) is 4.90 Å². The molecule has 0 radical (unpaired) electrons. The molecule has 1 aliphatic heterocycles. The van der Waals surface area contributed by atoms with Crippen molar-refractivity contribution in [2.24, 2.45) is 0 Å². The third-order valence-electron chi connectivity index (χ3n) is 3.39. The number of carboxylic acids is 1. The van der Waals surface area contributed by atoms with Crippen LogP contribution in [0.4, 0.5) is 4.39 Å². The standard InChI is InChI=1S/C13H16FNO2/c1-9(15-6-2-3-7-15)10-4-5-12(14)11(8-10)13(16)17/h4-5,8-9H,2-3,6-7H2,1H3,(H,16,17). The van der Waals surface area contributed by atoms with Gasteiger partial charge in [-0.15, -0.1) is 0 Å². The summed E-state index contributed by atoms with van der Waals surface area (Å²) in [6.45, 7) is 4.09. The smallest absolute Gasteiger partial charge is 0.338 e. The molecule has 0 bridgehead atoms. The fourth-order valence-corrected chi connectivity index (χ4v) is 2.31. The fourth-order valence-electron chi connectivity index (χ4n) is 2.31. The number of hydrogen-bond donors (Lipinski definition) is 1. The average molecular weight is 237 g/mol. The lowest BCUT2D eigenvalue weighted by molar-refractivity contribution is 0.0691. The number of rotatable bonds is 3. The Hall–Kier alpha value is -1.42. The highest BCUT2D eigenvalue weighted by molar-refractivity contribution is 5.88. The van der Waals surface area contributed by atoms with Crippen molar-refractivity contribution < 1.29 is 14.3 Å². The quantitative estimate of drug-likeness (QED) is 0.878. The lowest BCUT2D eigenvalue weighted by atomic mass is 10.0.